The van der Waals surface area contributed by atoms with Crippen molar-refractivity contribution in [2.24, 2.45) is 11.8 Å². The van der Waals surface area contributed by atoms with E-state index in [0.29, 0.717) is 11.5 Å². The zero-order valence-corrected chi connectivity index (χ0v) is 8.07. The topological polar surface area (TPSA) is 61.6 Å². The molecule has 0 amide bonds. The van der Waals surface area contributed by atoms with E-state index in [1.165, 1.54) is 12.6 Å². The third-order valence-corrected chi connectivity index (χ3v) is 2.61. The average molecular weight is 188 g/mol. The highest BCUT2D eigenvalue weighted by Gasteiger charge is 2.32. The molecule has 0 bridgehead atoms. The summed E-state index contributed by atoms with van der Waals surface area (Å²) in [5.74, 6) is 2.15. The Labute approximate surface area is 83.0 Å². The number of nitriles is 1. The van der Waals surface area contributed by atoms with Crippen LogP contribution >= 0.6 is 0 Å². The molecule has 1 aliphatic rings. The summed E-state index contributed by atoms with van der Waals surface area (Å²) in [6.07, 6.45) is 4.40. The molecule has 0 aromatic carbocycles. The monoisotopic (exact) mass is 188 g/mol. The van der Waals surface area contributed by atoms with E-state index in [1.807, 2.05) is 6.07 Å². The van der Waals surface area contributed by atoms with Gasteiger partial charge in [0.2, 0.25) is 0 Å². The van der Waals surface area contributed by atoms with E-state index in [0.717, 1.165) is 18.4 Å². The van der Waals surface area contributed by atoms with Gasteiger partial charge >= 0.3 is 0 Å². The molecule has 1 N–H and O–H groups in total. The molecule has 1 aromatic rings. The maximum atomic E-state index is 8.76. The molecule has 0 saturated heterocycles. The summed E-state index contributed by atoms with van der Waals surface area (Å²) >= 11 is 0. The van der Waals surface area contributed by atoms with Crippen molar-refractivity contribution in [1.29, 1.82) is 5.26 Å². The largest absolute Gasteiger partial charge is 0.367 e. The van der Waals surface area contributed by atoms with Crippen molar-refractivity contribution < 1.29 is 0 Å². The summed E-state index contributed by atoms with van der Waals surface area (Å²) in [6.45, 7) is 3.13. The van der Waals surface area contributed by atoms with Crippen LogP contribution in [-0.2, 0) is 0 Å². The predicted octanol–water partition coefficient (Wildman–Crippen LogP) is 1.42. The van der Waals surface area contributed by atoms with Gasteiger partial charge in [0.1, 0.15) is 6.07 Å². The van der Waals surface area contributed by atoms with Gasteiger partial charge in [0, 0.05) is 18.9 Å². The summed E-state index contributed by atoms with van der Waals surface area (Å²) in [5, 5.41) is 11.9. The molecule has 1 saturated carbocycles. The van der Waals surface area contributed by atoms with Crippen LogP contribution in [0.15, 0.2) is 12.4 Å². The van der Waals surface area contributed by atoms with Crippen molar-refractivity contribution in [3.63, 3.8) is 0 Å². The number of hydrogen-bond acceptors (Lipinski definition) is 4. The van der Waals surface area contributed by atoms with E-state index >= 15 is 0 Å². The Morgan fingerprint density at radius 2 is 2.29 bits per heavy atom. The Bertz CT molecular complexity index is 369. The molecule has 1 aromatic heterocycles. The van der Waals surface area contributed by atoms with E-state index in [2.05, 4.69) is 22.2 Å². The highest BCUT2D eigenvalue weighted by Crippen LogP contribution is 2.37. The highest BCUT2D eigenvalue weighted by atomic mass is 15.0. The summed E-state index contributed by atoms with van der Waals surface area (Å²) in [7, 11) is 0. The third-order valence-electron chi connectivity index (χ3n) is 2.61. The molecule has 4 heteroatoms. The maximum Gasteiger partial charge on any atom is 0.182 e. The van der Waals surface area contributed by atoms with Gasteiger partial charge in [0.15, 0.2) is 11.5 Å². The number of aromatic nitrogens is 2. The molecule has 1 fully saturated rings. The second-order valence-electron chi connectivity index (χ2n) is 3.72. The molecular weight excluding hydrogens is 176 g/mol. The fourth-order valence-electron chi connectivity index (χ4n) is 1.46. The van der Waals surface area contributed by atoms with E-state index < -0.39 is 0 Å². The van der Waals surface area contributed by atoms with E-state index in [9.17, 15) is 0 Å². The number of hydrogen-bond donors (Lipinski definition) is 1. The number of nitrogens with zero attached hydrogens (tertiary/aromatic N) is 3. The fourth-order valence-corrected chi connectivity index (χ4v) is 1.46. The quantitative estimate of drug-likeness (QED) is 0.779. The number of anilines is 1. The van der Waals surface area contributed by atoms with Crippen molar-refractivity contribution in [2.75, 3.05) is 11.9 Å². The molecule has 2 atom stereocenters. The van der Waals surface area contributed by atoms with Crippen molar-refractivity contribution in [2.45, 2.75) is 13.3 Å². The minimum absolute atomic E-state index is 0.376. The zero-order chi connectivity index (χ0) is 9.97. The van der Waals surface area contributed by atoms with Crippen molar-refractivity contribution in [3.8, 4) is 6.07 Å². The summed E-state index contributed by atoms with van der Waals surface area (Å²) in [4.78, 5) is 8.01. The van der Waals surface area contributed by atoms with Crippen LogP contribution in [0.3, 0.4) is 0 Å². The van der Waals surface area contributed by atoms with Crippen LogP contribution in [0.5, 0.6) is 0 Å². The summed E-state index contributed by atoms with van der Waals surface area (Å²) in [5.41, 5.74) is 0.376. The lowest BCUT2D eigenvalue weighted by atomic mass is 10.3. The average Bonchev–Trinajstić information content (AvgIpc) is 2.92. The van der Waals surface area contributed by atoms with Gasteiger partial charge in [0.25, 0.3) is 0 Å². The van der Waals surface area contributed by atoms with Gasteiger partial charge in [0.05, 0.1) is 0 Å². The first-order chi connectivity index (χ1) is 6.81. The fraction of sp³-hybridized carbons (Fsp3) is 0.500. The van der Waals surface area contributed by atoms with Crippen LogP contribution in [0.1, 0.15) is 19.0 Å². The molecular formula is C10H12N4. The summed E-state index contributed by atoms with van der Waals surface area (Å²) < 4.78 is 0. The van der Waals surface area contributed by atoms with Crippen LogP contribution in [-0.4, -0.2) is 16.5 Å². The molecule has 0 spiro atoms. The smallest absolute Gasteiger partial charge is 0.182 e. The SMILES string of the molecule is CC1CC1CNc1nccnc1C#N. The van der Waals surface area contributed by atoms with Crippen molar-refractivity contribution in [3.05, 3.63) is 18.1 Å². The lowest BCUT2D eigenvalue weighted by Crippen LogP contribution is -2.08. The lowest BCUT2D eigenvalue weighted by Gasteiger charge is -2.04. The summed E-state index contributed by atoms with van der Waals surface area (Å²) in [6, 6.07) is 2.01. The predicted molar refractivity (Wildman–Crippen MR) is 52.5 cm³/mol. The Hall–Kier alpha value is -1.63. The third kappa shape index (κ3) is 1.82. The van der Waals surface area contributed by atoms with Crippen molar-refractivity contribution >= 4 is 5.82 Å². The van der Waals surface area contributed by atoms with Gasteiger partial charge < -0.3 is 5.32 Å². The van der Waals surface area contributed by atoms with E-state index in [1.54, 1.807) is 6.20 Å². The molecule has 1 aliphatic carbocycles. The van der Waals surface area contributed by atoms with E-state index in [4.69, 9.17) is 5.26 Å². The Balaban J connectivity index is 1.98. The molecule has 72 valence electrons. The van der Waals surface area contributed by atoms with Gasteiger partial charge in [-0.15, -0.1) is 0 Å². The number of rotatable bonds is 3. The standard InChI is InChI=1S/C10H12N4/c1-7-4-8(7)6-14-10-9(5-11)12-2-3-13-10/h2-3,7-8H,4,6H2,1H3,(H,13,14). The van der Waals surface area contributed by atoms with Gasteiger partial charge in [-0.2, -0.15) is 5.26 Å². The van der Waals surface area contributed by atoms with Crippen LogP contribution in [0.25, 0.3) is 0 Å². The molecule has 0 aliphatic heterocycles. The first-order valence-corrected chi connectivity index (χ1v) is 4.76. The Kier molecular flexibility index (Phi) is 2.32. The molecule has 2 rings (SSSR count). The first-order valence-electron chi connectivity index (χ1n) is 4.76. The molecule has 14 heavy (non-hydrogen) atoms. The normalized spacial score (nSPS) is 24.0. The van der Waals surface area contributed by atoms with Crippen molar-refractivity contribution in [1.82, 2.24) is 9.97 Å². The van der Waals surface area contributed by atoms with Gasteiger partial charge in [-0.1, -0.05) is 6.92 Å². The maximum absolute atomic E-state index is 8.76. The van der Waals surface area contributed by atoms with Crippen LogP contribution in [0.2, 0.25) is 0 Å². The Morgan fingerprint density at radius 1 is 1.57 bits per heavy atom. The van der Waals surface area contributed by atoms with Crippen LogP contribution < -0.4 is 5.32 Å². The molecule has 2 unspecified atom stereocenters. The van der Waals surface area contributed by atoms with Crippen LogP contribution in [0, 0.1) is 23.2 Å². The number of nitrogens with one attached hydrogen (secondary N) is 1. The molecule has 1 heterocycles. The molecule has 4 nitrogen and oxygen atoms in total. The zero-order valence-electron chi connectivity index (χ0n) is 8.07. The first kappa shape index (κ1) is 8.95. The van der Waals surface area contributed by atoms with Crippen LogP contribution in [0.4, 0.5) is 5.82 Å². The van der Waals surface area contributed by atoms with Gasteiger partial charge in [-0.05, 0) is 18.3 Å². The van der Waals surface area contributed by atoms with E-state index in [-0.39, 0.29) is 0 Å². The lowest BCUT2D eigenvalue weighted by molar-refractivity contribution is 0.783. The molecule has 0 radical (unpaired) electrons. The van der Waals surface area contributed by atoms with Gasteiger partial charge in [-0.3, -0.25) is 0 Å². The Morgan fingerprint density at radius 3 is 2.93 bits per heavy atom. The minimum Gasteiger partial charge on any atom is -0.367 e. The second-order valence-corrected chi connectivity index (χ2v) is 3.72. The second kappa shape index (κ2) is 3.62. The highest BCUT2D eigenvalue weighted by molar-refractivity contribution is 5.46. The minimum atomic E-state index is 0.376. The van der Waals surface area contributed by atoms with Gasteiger partial charge in [-0.25, -0.2) is 9.97 Å².